The second-order valence-electron chi connectivity index (χ2n) is 8.48. The Labute approximate surface area is 194 Å². The molecule has 1 aliphatic rings. The zero-order valence-corrected chi connectivity index (χ0v) is 18.7. The minimum atomic E-state index is -0.634. The summed E-state index contributed by atoms with van der Waals surface area (Å²) in [6.07, 6.45) is 12.3. The minimum absolute atomic E-state index is 0.278. The van der Waals surface area contributed by atoms with Gasteiger partial charge in [-0.15, -0.1) is 0 Å². The van der Waals surface area contributed by atoms with Gasteiger partial charge in [0.2, 0.25) is 0 Å². The molecule has 1 aromatic heterocycles. The number of rotatable bonds is 9. The number of benzene rings is 2. The van der Waals surface area contributed by atoms with Gasteiger partial charge in [0.1, 0.15) is 6.29 Å². The SMILES string of the molecule is O=CC(Cc1c[nH]cn1)NC(=O)c1ccccc1/C=C/c1ccc(CN2CCCCC2)cc1. The highest BCUT2D eigenvalue weighted by Gasteiger charge is 2.16. The molecule has 2 heterocycles. The number of carbonyl (C=O) groups is 2. The van der Waals surface area contributed by atoms with Gasteiger partial charge in [-0.3, -0.25) is 9.69 Å². The lowest BCUT2D eigenvalue weighted by Gasteiger charge is -2.26. The van der Waals surface area contributed by atoms with Crippen LogP contribution in [0.15, 0.2) is 61.1 Å². The lowest BCUT2D eigenvalue weighted by atomic mass is 10.0. The molecule has 1 atom stereocenters. The number of hydrogen-bond acceptors (Lipinski definition) is 4. The van der Waals surface area contributed by atoms with Crippen molar-refractivity contribution in [3.63, 3.8) is 0 Å². The summed E-state index contributed by atoms with van der Waals surface area (Å²) < 4.78 is 0. The Morgan fingerprint density at radius 2 is 1.85 bits per heavy atom. The number of hydrogen-bond donors (Lipinski definition) is 2. The Morgan fingerprint density at radius 1 is 1.06 bits per heavy atom. The highest BCUT2D eigenvalue weighted by molar-refractivity contribution is 5.99. The molecule has 0 saturated carbocycles. The normalized spacial score (nSPS) is 15.4. The third-order valence-corrected chi connectivity index (χ3v) is 5.96. The highest BCUT2D eigenvalue weighted by atomic mass is 16.2. The molecule has 0 aliphatic carbocycles. The molecule has 3 aromatic rings. The van der Waals surface area contributed by atoms with Gasteiger partial charge < -0.3 is 15.1 Å². The number of aldehydes is 1. The number of likely N-dealkylation sites (tertiary alicyclic amines) is 1. The second kappa shape index (κ2) is 11.4. The molecule has 0 bridgehead atoms. The number of amides is 1. The van der Waals surface area contributed by atoms with Crippen LogP contribution < -0.4 is 5.32 Å². The lowest BCUT2D eigenvalue weighted by Crippen LogP contribution is -2.38. The summed E-state index contributed by atoms with van der Waals surface area (Å²) in [7, 11) is 0. The van der Waals surface area contributed by atoms with Gasteiger partial charge in [-0.25, -0.2) is 4.98 Å². The van der Waals surface area contributed by atoms with Crippen molar-refractivity contribution in [1.82, 2.24) is 20.2 Å². The monoisotopic (exact) mass is 442 g/mol. The summed E-state index contributed by atoms with van der Waals surface area (Å²) in [6.45, 7) is 3.38. The molecule has 1 aliphatic heterocycles. The van der Waals surface area contributed by atoms with E-state index in [4.69, 9.17) is 0 Å². The Bertz CT molecular complexity index is 1070. The number of H-pyrrole nitrogens is 1. The first kappa shape index (κ1) is 22.7. The topological polar surface area (TPSA) is 78.1 Å². The number of aromatic nitrogens is 2. The molecule has 2 aromatic carbocycles. The van der Waals surface area contributed by atoms with Crippen LogP contribution in [-0.4, -0.2) is 46.2 Å². The molecule has 1 unspecified atom stereocenters. The quantitative estimate of drug-likeness (QED) is 0.386. The molecule has 0 spiro atoms. The van der Waals surface area contributed by atoms with E-state index < -0.39 is 6.04 Å². The van der Waals surface area contributed by atoms with Crippen molar-refractivity contribution in [3.05, 3.63) is 89.0 Å². The molecular weight excluding hydrogens is 412 g/mol. The number of nitrogens with one attached hydrogen (secondary N) is 2. The fraction of sp³-hybridized carbons (Fsp3) is 0.296. The Hall–Kier alpha value is -3.51. The first-order valence-electron chi connectivity index (χ1n) is 11.5. The van der Waals surface area contributed by atoms with E-state index in [-0.39, 0.29) is 5.91 Å². The lowest BCUT2D eigenvalue weighted by molar-refractivity contribution is -0.109. The van der Waals surface area contributed by atoms with Crippen molar-refractivity contribution in [2.24, 2.45) is 0 Å². The van der Waals surface area contributed by atoms with Crippen LogP contribution in [-0.2, 0) is 17.8 Å². The van der Waals surface area contributed by atoms with Gasteiger partial charge in [0.05, 0.1) is 18.1 Å². The fourth-order valence-electron chi connectivity index (χ4n) is 4.15. The summed E-state index contributed by atoms with van der Waals surface area (Å²) in [5.74, 6) is -0.278. The highest BCUT2D eigenvalue weighted by Crippen LogP contribution is 2.17. The second-order valence-corrected chi connectivity index (χ2v) is 8.48. The van der Waals surface area contributed by atoms with Crippen molar-refractivity contribution in [3.8, 4) is 0 Å². The first-order chi connectivity index (χ1) is 16.2. The van der Waals surface area contributed by atoms with Crippen LogP contribution in [0.4, 0.5) is 0 Å². The maximum Gasteiger partial charge on any atom is 0.252 e. The van der Waals surface area contributed by atoms with E-state index in [1.54, 1.807) is 18.6 Å². The Balaban J connectivity index is 1.40. The van der Waals surface area contributed by atoms with E-state index >= 15 is 0 Å². The van der Waals surface area contributed by atoms with Crippen LogP contribution in [0, 0.1) is 0 Å². The Morgan fingerprint density at radius 3 is 2.58 bits per heavy atom. The van der Waals surface area contributed by atoms with Crippen molar-refractivity contribution >= 4 is 24.3 Å². The maximum atomic E-state index is 12.9. The standard InChI is InChI=1S/C27H30N4O2/c32-19-25(16-24-17-28-20-29-24)30-27(33)26-7-3-2-6-23(26)13-12-21-8-10-22(11-9-21)18-31-14-4-1-5-15-31/h2-3,6-13,17,19-20,25H,1,4-5,14-16,18H2,(H,28,29)(H,30,33)/b13-12+. The fourth-order valence-corrected chi connectivity index (χ4v) is 4.15. The molecular formula is C27H30N4O2. The van der Waals surface area contributed by atoms with Gasteiger partial charge in [-0.05, 0) is 48.7 Å². The number of imidazole rings is 1. The van der Waals surface area contributed by atoms with Crippen molar-refractivity contribution in [1.29, 1.82) is 0 Å². The average Bonchev–Trinajstić information content (AvgIpc) is 3.37. The molecule has 0 radical (unpaired) electrons. The van der Waals surface area contributed by atoms with Gasteiger partial charge in [-0.2, -0.15) is 0 Å². The van der Waals surface area contributed by atoms with Gasteiger partial charge in [0, 0.05) is 24.7 Å². The first-order valence-corrected chi connectivity index (χ1v) is 11.5. The van der Waals surface area contributed by atoms with Crippen LogP contribution in [0.2, 0.25) is 0 Å². The van der Waals surface area contributed by atoms with Gasteiger partial charge in [0.25, 0.3) is 5.91 Å². The van der Waals surface area contributed by atoms with Crippen LogP contribution in [0.3, 0.4) is 0 Å². The molecule has 33 heavy (non-hydrogen) atoms. The summed E-state index contributed by atoms with van der Waals surface area (Å²) in [4.78, 5) is 33.8. The molecule has 6 heteroatoms. The maximum absolute atomic E-state index is 12.9. The average molecular weight is 443 g/mol. The molecule has 1 amide bonds. The van der Waals surface area contributed by atoms with Crippen LogP contribution in [0.25, 0.3) is 12.2 Å². The number of nitrogens with zero attached hydrogens (tertiary/aromatic N) is 2. The zero-order chi connectivity index (χ0) is 22.9. The van der Waals surface area contributed by atoms with Crippen LogP contribution in [0.1, 0.15) is 52.0 Å². The molecule has 170 valence electrons. The molecule has 2 N–H and O–H groups in total. The van der Waals surface area contributed by atoms with E-state index in [0.717, 1.165) is 29.7 Å². The molecule has 6 nitrogen and oxygen atoms in total. The zero-order valence-electron chi connectivity index (χ0n) is 18.7. The van der Waals surface area contributed by atoms with Crippen LogP contribution in [0.5, 0.6) is 0 Å². The minimum Gasteiger partial charge on any atom is -0.351 e. The number of piperidine rings is 1. The largest absolute Gasteiger partial charge is 0.351 e. The summed E-state index contributed by atoms with van der Waals surface area (Å²) in [5, 5.41) is 2.81. The summed E-state index contributed by atoms with van der Waals surface area (Å²) in [5.41, 5.74) is 4.47. The van der Waals surface area contributed by atoms with Gasteiger partial charge >= 0.3 is 0 Å². The predicted molar refractivity (Wildman–Crippen MR) is 131 cm³/mol. The predicted octanol–water partition coefficient (Wildman–Crippen LogP) is 4.11. The van der Waals surface area contributed by atoms with E-state index in [9.17, 15) is 9.59 Å². The third-order valence-electron chi connectivity index (χ3n) is 5.96. The van der Waals surface area contributed by atoms with Crippen molar-refractivity contribution in [2.75, 3.05) is 13.1 Å². The Kier molecular flexibility index (Phi) is 7.82. The van der Waals surface area contributed by atoms with Gasteiger partial charge in [0.15, 0.2) is 0 Å². The number of carbonyl (C=O) groups excluding carboxylic acids is 2. The van der Waals surface area contributed by atoms with Crippen molar-refractivity contribution < 1.29 is 9.59 Å². The van der Waals surface area contributed by atoms with Crippen molar-refractivity contribution in [2.45, 2.75) is 38.3 Å². The smallest absolute Gasteiger partial charge is 0.252 e. The van der Waals surface area contributed by atoms with Gasteiger partial charge in [-0.1, -0.05) is 61.0 Å². The van der Waals surface area contributed by atoms with E-state index in [1.807, 2.05) is 30.4 Å². The third kappa shape index (κ3) is 6.49. The summed E-state index contributed by atoms with van der Waals surface area (Å²) in [6, 6.07) is 15.4. The van der Waals surface area contributed by atoms with E-state index in [1.165, 1.54) is 37.9 Å². The number of aromatic amines is 1. The van der Waals surface area contributed by atoms with E-state index in [2.05, 4.69) is 44.5 Å². The molecule has 1 saturated heterocycles. The van der Waals surface area contributed by atoms with Crippen LogP contribution >= 0.6 is 0 Å². The van der Waals surface area contributed by atoms with E-state index in [0.29, 0.717) is 12.0 Å². The molecule has 1 fully saturated rings. The summed E-state index contributed by atoms with van der Waals surface area (Å²) >= 11 is 0. The molecule has 4 rings (SSSR count).